The van der Waals surface area contributed by atoms with E-state index >= 15 is 0 Å². The minimum atomic E-state index is -0.424. The molecule has 1 aliphatic carbocycles. The van der Waals surface area contributed by atoms with Gasteiger partial charge in [0, 0.05) is 16.8 Å². The summed E-state index contributed by atoms with van der Waals surface area (Å²) in [5.41, 5.74) is 0. The molecule has 3 rings (SSSR count). The molecule has 1 aliphatic rings. The Labute approximate surface area is 125 Å². The van der Waals surface area contributed by atoms with E-state index in [4.69, 9.17) is 0 Å². The molecule has 0 saturated heterocycles. The molecule has 0 unspecified atom stereocenters. The Morgan fingerprint density at radius 2 is 2.10 bits per heavy atom. The summed E-state index contributed by atoms with van der Waals surface area (Å²) in [5, 5.41) is 15.6. The maximum absolute atomic E-state index is 11.7. The van der Waals surface area contributed by atoms with Crippen LogP contribution >= 0.6 is 11.8 Å². The molecule has 1 saturated carbocycles. The van der Waals surface area contributed by atoms with E-state index in [9.17, 15) is 9.59 Å². The molecule has 0 bridgehead atoms. The number of benzene rings is 1. The summed E-state index contributed by atoms with van der Waals surface area (Å²) in [5.74, 6) is -0.214. The van der Waals surface area contributed by atoms with E-state index in [1.807, 2.05) is 24.3 Å². The van der Waals surface area contributed by atoms with Crippen LogP contribution in [-0.4, -0.2) is 33.9 Å². The van der Waals surface area contributed by atoms with E-state index in [-0.39, 0.29) is 17.7 Å². The van der Waals surface area contributed by atoms with E-state index < -0.39 is 6.03 Å². The normalized spacial score (nSPS) is 13.9. The first kappa shape index (κ1) is 13.8. The number of hydrogen-bond donors (Lipinski definition) is 2. The Hall–Kier alpha value is -2.15. The van der Waals surface area contributed by atoms with Gasteiger partial charge in [0.1, 0.15) is 5.03 Å². The van der Waals surface area contributed by atoms with Crippen LogP contribution in [0.4, 0.5) is 4.79 Å². The summed E-state index contributed by atoms with van der Waals surface area (Å²) in [6.07, 6.45) is 3.66. The van der Waals surface area contributed by atoms with Gasteiger partial charge in [0.15, 0.2) is 0 Å². The number of hydrogen-bond acceptors (Lipinski definition) is 5. The SMILES string of the molecule is O=C(CSc1nncc2ccccc12)NC(=O)NC1CC1. The third-order valence-electron chi connectivity index (χ3n) is 3.04. The van der Waals surface area contributed by atoms with Crippen molar-refractivity contribution in [2.24, 2.45) is 0 Å². The van der Waals surface area contributed by atoms with Crippen LogP contribution in [0.25, 0.3) is 10.8 Å². The van der Waals surface area contributed by atoms with Crippen molar-refractivity contribution in [1.82, 2.24) is 20.8 Å². The molecule has 7 heteroatoms. The highest BCUT2D eigenvalue weighted by Gasteiger charge is 2.23. The average Bonchev–Trinajstić information content (AvgIpc) is 3.28. The number of nitrogens with zero attached hydrogens (tertiary/aromatic N) is 2. The van der Waals surface area contributed by atoms with E-state index in [1.54, 1.807) is 6.20 Å². The Morgan fingerprint density at radius 3 is 2.90 bits per heavy atom. The van der Waals surface area contributed by atoms with Crippen molar-refractivity contribution in [3.8, 4) is 0 Å². The Morgan fingerprint density at radius 1 is 1.29 bits per heavy atom. The second kappa shape index (κ2) is 6.09. The fourth-order valence-electron chi connectivity index (χ4n) is 1.85. The first-order chi connectivity index (χ1) is 10.2. The number of nitrogens with one attached hydrogen (secondary N) is 2. The lowest BCUT2D eigenvalue weighted by atomic mass is 10.2. The average molecular weight is 302 g/mol. The van der Waals surface area contributed by atoms with Crippen molar-refractivity contribution < 1.29 is 9.59 Å². The maximum atomic E-state index is 11.7. The van der Waals surface area contributed by atoms with E-state index in [0.717, 1.165) is 23.6 Å². The molecule has 3 amide bonds. The van der Waals surface area contributed by atoms with E-state index in [0.29, 0.717) is 5.03 Å². The van der Waals surface area contributed by atoms with Gasteiger partial charge >= 0.3 is 6.03 Å². The lowest BCUT2D eigenvalue weighted by Gasteiger charge is -2.06. The van der Waals surface area contributed by atoms with Gasteiger partial charge in [0.05, 0.1) is 11.9 Å². The number of amides is 3. The highest BCUT2D eigenvalue weighted by Crippen LogP contribution is 2.24. The Bertz CT molecular complexity index is 682. The van der Waals surface area contributed by atoms with Crippen LogP contribution < -0.4 is 10.6 Å². The van der Waals surface area contributed by atoms with Crippen molar-refractivity contribution in [2.75, 3.05) is 5.75 Å². The molecule has 0 aliphatic heterocycles. The number of imide groups is 1. The predicted octanol–water partition coefficient (Wildman–Crippen LogP) is 1.71. The van der Waals surface area contributed by atoms with Crippen molar-refractivity contribution in [2.45, 2.75) is 23.9 Å². The second-order valence-corrected chi connectivity index (χ2v) is 5.79. The lowest BCUT2D eigenvalue weighted by molar-refractivity contribution is -0.117. The largest absolute Gasteiger partial charge is 0.335 e. The van der Waals surface area contributed by atoms with Gasteiger partial charge in [-0.15, -0.1) is 5.10 Å². The lowest BCUT2D eigenvalue weighted by Crippen LogP contribution is -2.41. The smallest absolute Gasteiger partial charge is 0.321 e. The fourth-order valence-corrected chi connectivity index (χ4v) is 2.64. The topological polar surface area (TPSA) is 84.0 Å². The van der Waals surface area contributed by atoms with Gasteiger partial charge in [-0.3, -0.25) is 10.1 Å². The molecule has 1 heterocycles. The van der Waals surface area contributed by atoms with Crippen LogP contribution in [0.3, 0.4) is 0 Å². The molecule has 21 heavy (non-hydrogen) atoms. The van der Waals surface area contributed by atoms with Crippen LogP contribution in [0.1, 0.15) is 12.8 Å². The zero-order valence-electron chi connectivity index (χ0n) is 11.2. The third-order valence-corrected chi connectivity index (χ3v) is 4.02. The predicted molar refractivity (Wildman–Crippen MR) is 80.0 cm³/mol. The zero-order chi connectivity index (χ0) is 14.7. The van der Waals surface area contributed by atoms with Crippen molar-refractivity contribution in [1.29, 1.82) is 0 Å². The van der Waals surface area contributed by atoms with Crippen LogP contribution in [-0.2, 0) is 4.79 Å². The number of carbonyl (C=O) groups excluding carboxylic acids is 2. The minimum Gasteiger partial charge on any atom is -0.335 e. The molecular formula is C14H14N4O2S. The van der Waals surface area contributed by atoms with Gasteiger partial charge in [0.25, 0.3) is 0 Å². The fraction of sp³-hybridized carbons (Fsp3) is 0.286. The van der Waals surface area contributed by atoms with E-state index in [2.05, 4.69) is 20.8 Å². The zero-order valence-corrected chi connectivity index (χ0v) is 12.0. The van der Waals surface area contributed by atoms with Crippen LogP contribution in [0, 0.1) is 0 Å². The summed E-state index contributed by atoms with van der Waals surface area (Å²) in [6, 6.07) is 7.52. The highest BCUT2D eigenvalue weighted by molar-refractivity contribution is 8.00. The summed E-state index contributed by atoms with van der Waals surface area (Å²) in [6.45, 7) is 0. The number of carbonyl (C=O) groups is 2. The van der Waals surface area contributed by atoms with Gasteiger partial charge in [-0.25, -0.2) is 4.79 Å². The molecule has 1 aromatic carbocycles. The quantitative estimate of drug-likeness (QED) is 0.840. The van der Waals surface area contributed by atoms with Gasteiger partial charge in [0.2, 0.25) is 5.91 Å². The molecule has 2 aromatic rings. The minimum absolute atomic E-state index is 0.126. The molecule has 108 valence electrons. The Balaban J connectivity index is 1.58. The summed E-state index contributed by atoms with van der Waals surface area (Å²) < 4.78 is 0. The molecular weight excluding hydrogens is 288 g/mol. The molecule has 0 spiro atoms. The third kappa shape index (κ3) is 3.69. The first-order valence-corrected chi connectivity index (χ1v) is 7.64. The summed E-state index contributed by atoms with van der Waals surface area (Å²) in [7, 11) is 0. The van der Waals surface area contributed by atoms with E-state index in [1.165, 1.54) is 11.8 Å². The van der Waals surface area contributed by atoms with Gasteiger partial charge < -0.3 is 5.32 Å². The van der Waals surface area contributed by atoms with Crippen molar-refractivity contribution in [3.05, 3.63) is 30.5 Å². The number of fused-ring (bicyclic) bond motifs is 1. The molecule has 6 nitrogen and oxygen atoms in total. The number of rotatable bonds is 4. The molecule has 2 N–H and O–H groups in total. The highest BCUT2D eigenvalue weighted by atomic mass is 32.2. The van der Waals surface area contributed by atoms with Gasteiger partial charge in [-0.05, 0) is 12.8 Å². The maximum Gasteiger partial charge on any atom is 0.321 e. The van der Waals surface area contributed by atoms with Crippen LogP contribution in [0.15, 0.2) is 35.5 Å². The molecule has 1 fully saturated rings. The number of thioether (sulfide) groups is 1. The van der Waals surface area contributed by atoms with Crippen molar-refractivity contribution in [3.63, 3.8) is 0 Å². The van der Waals surface area contributed by atoms with Gasteiger partial charge in [-0.2, -0.15) is 5.10 Å². The number of aromatic nitrogens is 2. The second-order valence-electron chi connectivity index (χ2n) is 4.82. The number of urea groups is 1. The first-order valence-electron chi connectivity index (χ1n) is 6.66. The Kier molecular flexibility index (Phi) is 4.01. The monoisotopic (exact) mass is 302 g/mol. The summed E-state index contributed by atoms with van der Waals surface area (Å²) >= 11 is 1.27. The van der Waals surface area contributed by atoms with Crippen LogP contribution in [0.5, 0.6) is 0 Å². The van der Waals surface area contributed by atoms with Gasteiger partial charge in [-0.1, -0.05) is 36.0 Å². The molecule has 1 aromatic heterocycles. The molecule has 0 radical (unpaired) electrons. The standard InChI is InChI=1S/C14H14N4O2S/c19-12(17-14(20)16-10-5-6-10)8-21-13-11-4-2-1-3-9(11)7-15-18-13/h1-4,7,10H,5-6,8H2,(H2,16,17,19,20). The van der Waals surface area contributed by atoms with Crippen molar-refractivity contribution >= 4 is 34.5 Å². The van der Waals surface area contributed by atoms with Crippen LogP contribution in [0.2, 0.25) is 0 Å². The summed E-state index contributed by atoms with van der Waals surface area (Å²) in [4.78, 5) is 23.2. The molecule has 0 atom stereocenters.